The van der Waals surface area contributed by atoms with E-state index in [9.17, 15) is 18.3 Å². The molecule has 4 rings (SSSR count). The quantitative estimate of drug-likeness (QED) is 0.383. The van der Waals surface area contributed by atoms with Gasteiger partial charge >= 0.3 is 5.97 Å². The van der Waals surface area contributed by atoms with Crippen LogP contribution in [0, 0.1) is 0 Å². The molecule has 0 aliphatic heterocycles. The lowest BCUT2D eigenvalue weighted by Crippen LogP contribution is -2.16. The smallest absolute Gasteiger partial charge is 0.335 e. The van der Waals surface area contributed by atoms with Crippen LogP contribution in [0.1, 0.15) is 52.2 Å². The summed E-state index contributed by atoms with van der Waals surface area (Å²) < 4.78 is 27.6. The fraction of sp³-hybridized carbons (Fsp3) is 0.167. The fourth-order valence-corrected chi connectivity index (χ4v) is 5.59. The largest absolute Gasteiger partial charge is 0.478 e. The third kappa shape index (κ3) is 4.13. The Bertz CT molecular complexity index is 1390. The molecule has 1 unspecified atom stereocenters. The summed E-state index contributed by atoms with van der Waals surface area (Å²) in [6.45, 7) is 4.08. The van der Waals surface area contributed by atoms with Gasteiger partial charge in [-0.2, -0.15) is 0 Å². The van der Waals surface area contributed by atoms with Crippen LogP contribution in [0.25, 0.3) is 11.0 Å². The Hall–Kier alpha value is -3.16. The summed E-state index contributed by atoms with van der Waals surface area (Å²) in [5.74, 6) is -0.805. The predicted molar refractivity (Wildman–Crippen MR) is 124 cm³/mol. The molecule has 0 amide bonds. The van der Waals surface area contributed by atoms with Crippen molar-refractivity contribution in [1.29, 1.82) is 0 Å². The van der Waals surface area contributed by atoms with Crippen molar-refractivity contribution >= 4 is 38.4 Å². The second-order valence-corrected chi connectivity index (χ2v) is 10.4. The van der Waals surface area contributed by atoms with Gasteiger partial charge in [0.25, 0.3) is 0 Å². The van der Waals surface area contributed by atoms with E-state index in [1.807, 2.05) is 26.0 Å². The number of hydrogen-bond donors (Lipinski definition) is 2. The Morgan fingerprint density at radius 3 is 2.22 bits per heavy atom. The van der Waals surface area contributed by atoms with E-state index in [0.29, 0.717) is 27.3 Å². The molecule has 2 aromatic heterocycles. The summed E-state index contributed by atoms with van der Waals surface area (Å²) in [6.07, 6.45) is 1.49. The molecule has 4 aromatic rings. The number of carbonyl (C=O) groups is 1. The molecule has 32 heavy (non-hydrogen) atoms. The Labute approximate surface area is 190 Å². The summed E-state index contributed by atoms with van der Waals surface area (Å²) in [7, 11) is -3.88. The number of carboxylic acid groups (broad SMARTS) is 1. The fourth-order valence-electron chi connectivity index (χ4n) is 3.66. The molecule has 0 aliphatic carbocycles. The standard InChI is InChI=1S/C24H21ClN2O4S/c1-14(2)15-7-9-20(10-8-15)32(30,31)22(16-3-5-17(6-4-16)24(28)29)21-12-18-11-19(25)13-26-23(18)27-21/h3-14,22H,1-2H3,(H,26,27)(H,28,29). The highest BCUT2D eigenvalue weighted by atomic mass is 35.5. The van der Waals surface area contributed by atoms with Crippen molar-refractivity contribution in [3.63, 3.8) is 0 Å². The lowest BCUT2D eigenvalue weighted by atomic mass is 10.0. The minimum Gasteiger partial charge on any atom is -0.478 e. The molecule has 8 heteroatoms. The Morgan fingerprint density at radius 2 is 1.62 bits per heavy atom. The number of rotatable bonds is 6. The first kappa shape index (κ1) is 22.0. The number of aromatic amines is 1. The van der Waals surface area contributed by atoms with E-state index < -0.39 is 21.1 Å². The second-order valence-electron chi connectivity index (χ2n) is 7.89. The number of fused-ring (bicyclic) bond motifs is 1. The number of aromatic nitrogens is 2. The van der Waals surface area contributed by atoms with Gasteiger partial charge in [0.2, 0.25) is 0 Å². The minimum absolute atomic E-state index is 0.0799. The third-order valence-electron chi connectivity index (χ3n) is 5.39. The van der Waals surface area contributed by atoms with Crippen LogP contribution in [0.15, 0.2) is 71.8 Å². The lowest BCUT2D eigenvalue weighted by Gasteiger charge is -2.18. The van der Waals surface area contributed by atoms with Gasteiger partial charge in [-0.1, -0.05) is 49.7 Å². The van der Waals surface area contributed by atoms with Crippen LogP contribution in [0.3, 0.4) is 0 Å². The van der Waals surface area contributed by atoms with Crippen LogP contribution in [0.5, 0.6) is 0 Å². The van der Waals surface area contributed by atoms with Gasteiger partial charge in [0, 0.05) is 17.3 Å². The maximum atomic E-state index is 13.8. The minimum atomic E-state index is -3.88. The molecule has 2 aromatic carbocycles. The average molecular weight is 469 g/mol. The van der Waals surface area contributed by atoms with Gasteiger partial charge < -0.3 is 10.1 Å². The molecule has 0 spiro atoms. The first-order valence-corrected chi connectivity index (χ1v) is 11.9. The number of hydrogen-bond acceptors (Lipinski definition) is 4. The maximum absolute atomic E-state index is 13.8. The first-order chi connectivity index (χ1) is 15.2. The number of nitrogens with one attached hydrogen (secondary N) is 1. The van der Waals surface area contributed by atoms with Gasteiger partial charge in [-0.05, 0) is 53.4 Å². The van der Waals surface area contributed by atoms with Gasteiger partial charge in [0.05, 0.1) is 15.5 Å². The predicted octanol–water partition coefficient (Wildman–Crippen LogP) is 5.60. The van der Waals surface area contributed by atoms with Crippen molar-refractivity contribution in [1.82, 2.24) is 9.97 Å². The summed E-state index contributed by atoms with van der Waals surface area (Å²) in [4.78, 5) is 18.8. The van der Waals surface area contributed by atoms with E-state index in [2.05, 4.69) is 9.97 Å². The number of sulfone groups is 1. The van der Waals surface area contributed by atoms with Crippen molar-refractivity contribution in [2.45, 2.75) is 29.9 Å². The molecule has 0 radical (unpaired) electrons. The summed E-state index contributed by atoms with van der Waals surface area (Å²) in [5, 5.41) is 9.26. The van der Waals surface area contributed by atoms with E-state index in [4.69, 9.17) is 11.6 Å². The zero-order valence-electron chi connectivity index (χ0n) is 17.4. The molecule has 0 fully saturated rings. The number of carboxylic acids is 1. The molecule has 1 atom stereocenters. The molecular formula is C24H21ClN2O4S. The SMILES string of the molecule is CC(C)c1ccc(S(=O)(=O)C(c2ccc(C(=O)O)cc2)c2cc3cc(Cl)cnc3[nH]2)cc1. The van der Waals surface area contributed by atoms with Crippen molar-refractivity contribution < 1.29 is 18.3 Å². The van der Waals surface area contributed by atoms with Crippen LogP contribution >= 0.6 is 11.6 Å². The molecule has 0 bridgehead atoms. The van der Waals surface area contributed by atoms with Gasteiger partial charge in [-0.3, -0.25) is 0 Å². The Morgan fingerprint density at radius 1 is 1.00 bits per heavy atom. The van der Waals surface area contributed by atoms with Crippen LogP contribution in [-0.2, 0) is 9.84 Å². The first-order valence-electron chi connectivity index (χ1n) is 9.98. The van der Waals surface area contributed by atoms with Crippen molar-refractivity contribution in [3.05, 3.63) is 94.3 Å². The number of nitrogens with zero attached hydrogens (tertiary/aromatic N) is 1. The zero-order valence-corrected chi connectivity index (χ0v) is 19.0. The van der Waals surface area contributed by atoms with Gasteiger partial charge in [0.15, 0.2) is 9.84 Å². The van der Waals surface area contributed by atoms with Crippen LogP contribution in [0.2, 0.25) is 5.02 Å². The van der Waals surface area contributed by atoms with Crippen molar-refractivity contribution in [3.8, 4) is 0 Å². The number of pyridine rings is 1. The average Bonchev–Trinajstić information content (AvgIpc) is 3.16. The van der Waals surface area contributed by atoms with Crippen molar-refractivity contribution in [2.24, 2.45) is 0 Å². The van der Waals surface area contributed by atoms with E-state index >= 15 is 0 Å². The van der Waals surface area contributed by atoms with Crippen LogP contribution < -0.4 is 0 Å². The third-order valence-corrected chi connectivity index (χ3v) is 7.67. The molecule has 2 heterocycles. The molecule has 2 N–H and O–H groups in total. The summed E-state index contributed by atoms with van der Waals surface area (Å²) in [6, 6.07) is 16.1. The van der Waals surface area contributed by atoms with Crippen molar-refractivity contribution in [2.75, 3.05) is 0 Å². The van der Waals surface area contributed by atoms with E-state index in [0.717, 1.165) is 5.56 Å². The molecule has 0 saturated carbocycles. The van der Waals surface area contributed by atoms with Gasteiger partial charge in [0.1, 0.15) is 10.9 Å². The normalized spacial score (nSPS) is 12.9. The van der Waals surface area contributed by atoms with E-state index in [1.54, 1.807) is 24.3 Å². The van der Waals surface area contributed by atoms with Gasteiger partial charge in [-0.15, -0.1) is 0 Å². The maximum Gasteiger partial charge on any atom is 0.335 e. The number of H-pyrrole nitrogens is 1. The van der Waals surface area contributed by atoms with E-state index in [-0.39, 0.29) is 16.4 Å². The van der Waals surface area contributed by atoms with E-state index in [1.165, 1.54) is 30.5 Å². The highest BCUT2D eigenvalue weighted by Gasteiger charge is 2.32. The number of aromatic carboxylic acids is 1. The van der Waals surface area contributed by atoms with Crippen LogP contribution in [-0.4, -0.2) is 29.5 Å². The lowest BCUT2D eigenvalue weighted by molar-refractivity contribution is 0.0697. The molecule has 164 valence electrons. The number of benzene rings is 2. The summed E-state index contributed by atoms with van der Waals surface area (Å²) in [5.41, 5.74) is 2.50. The Balaban J connectivity index is 1.88. The topological polar surface area (TPSA) is 100 Å². The molecular weight excluding hydrogens is 448 g/mol. The van der Waals surface area contributed by atoms with Crippen LogP contribution in [0.4, 0.5) is 0 Å². The molecule has 0 aliphatic rings. The monoisotopic (exact) mass is 468 g/mol. The molecule has 0 saturated heterocycles. The zero-order chi connectivity index (χ0) is 23.0. The highest BCUT2D eigenvalue weighted by molar-refractivity contribution is 7.91. The Kier molecular flexibility index (Phi) is 5.79. The second kappa shape index (κ2) is 8.41. The summed E-state index contributed by atoms with van der Waals surface area (Å²) >= 11 is 6.05. The highest BCUT2D eigenvalue weighted by Crippen LogP contribution is 2.36. The molecule has 6 nitrogen and oxygen atoms in total. The van der Waals surface area contributed by atoms with Gasteiger partial charge in [-0.25, -0.2) is 18.2 Å². The number of halogens is 1.